The average Bonchev–Trinajstić information content (AvgIpc) is 2.34. The second-order valence-corrected chi connectivity index (χ2v) is 4.10. The number of ether oxygens (including phenoxy) is 1. The minimum absolute atomic E-state index is 0.0172. The summed E-state index contributed by atoms with van der Waals surface area (Å²) in [5.74, 6) is -0.926. The van der Waals surface area contributed by atoms with E-state index in [1.54, 1.807) is 0 Å². The summed E-state index contributed by atoms with van der Waals surface area (Å²) in [6.45, 7) is 4.05. The van der Waals surface area contributed by atoms with Crippen LogP contribution in [-0.4, -0.2) is 18.9 Å². The SMILES string of the molecule is CC/C=C/CCCC(=O)C(CCC)C(=O)OC. The molecule has 98 valence electrons. The van der Waals surface area contributed by atoms with Gasteiger partial charge < -0.3 is 4.74 Å². The Hall–Kier alpha value is -1.12. The third-order valence-corrected chi connectivity index (χ3v) is 2.65. The third kappa shape index (κ3) is 6.93. The van der Waals surface area contributed by atoms with E-state index in [9.17, 15) is 9.59 Å². The van der Waals surface area contributed by atoms with Gasteiger partial charge in [0, 0.05) is 6.42 Å². The van der Waals surface area contributed by atoms with E-state index in [0.29, 0.717) is 12.8 Å². The Morgan fingerprint density at radius 2 is 1.94 bits per heavy atom. The summed E-state index contributed by atoms with van der Waals surface area (Å²) >= 11 is 0. The molecule has 0 aliphatic rings. The molecule has 0 heterocycles. The standard InChI is InChI=1S/C14H24O3/c1-4-6-7-8-9-11-13(15)12(10-5-2)14(16)17-3/h6-7,12H,4-5,8-11H2,1-3H3/b7-6+. The van der Waals surface area contributed by atoms with E-state index in [1.807, 2.05) is 6.92 Å². The second-order valence-electron chi connectivity index (χ2n) is 4.10. The molecule has 0 aromatic rings. The largest absolute Gasteiger partial charge is 0.468 e. The Balaban J connectivity index is 4.06. The summed E-state index contributed by atoms with van der Waals surface area (Å²) in [6.07, 6.45) is 8.79. The van der Waals surface area contributed by atoms with Crippen LogP contribution in [0, 0.1) is 5.92 Å². The molecular weight excluding hydrogens is 216 g/mol. The van der Waals surface area contributed by atoms with E-state index in [1.165, 1.54) is 7.11 Å². The number of Topliss-reactive ketones (excluding diaryl/α,β-unsaturated/α-hetero) is 1. The molecule has 0 spiro atoms. The predicted molar refractivity (Wildman–Crippen MR) is 68.7 cm³/mol. The van der Waals surface area contributed by atoms with Gasteiger partial charge in [0.2, 0.25) is 0 Å². The maximum Gasteiger partial charge on any atom is 0.316 e. The molecule has 0 aromatic heterocycles. The monoisotopic (exact) mass is 240 g/mol. The molecule has 3 heteroatoms. The summed E-state index contributed by atoms with van der Waals surface area (Å²) in [5.41, 5.74) is 0. The highest BCUT2D eigenvalue weighted by atomic mass is 16.5. The molecule has 0 rings (SSSR count). The Morgan fingerprint density at radius 3 is 2.47 bits per heavy atom. The van der Waals surface area contributed by atoms with E-state index in [4.69, 9.17) is 0 Å². The van der Waals surface area contributed by atoms with Crippen molar-refractivity contribution in [3.63, 3.8) is 0 Å². The predicted octanol–water partition coefficient (Wildman–Crippen LogP) is 3.28. The van der Waals surface area contributed by atoms with Crippen LogP contribution < -0.4 is 0 Å². The summed E-state index contributed by atoms with van der Waals surface area (Å²) in [7, 11) is 1.34. The van der Waals surface area contributed by atoms with E-state index < -0.39 is 5.92 Å². The van der Waals surface area contributed by atoms with E-state index in [0.717, 1.165) is 25.7 Å². The molecule has 0 saturated carbocycles. The number of ketones is 1. The fourth-order valence-electron chi connectivity index (χ4n) is 1.69. The van der Waals surface area contributed by atoms with Gasteiger partial charge in [-0.3, -0.25) is 9.59 Å². The molecule has 0 N–H and O–H groups in total. The molecular formula is C14H24O3. The van der Waals surface area contributed by atoms with Crippen LogP contribution in [0.4, 0.5) is 0 Å². The van der Waals surface area contributed by atoms with Crippen LogP contribution >= 0.6 is 0 Å². The van der Waals surface area contributed by atoms with Crippen molar-refractivity contribution in [2.24, 2.45) is 5.92 Å². The molecule has 0 bridgehead atoms. The number of methoxy groups -OCH3 is 1. The van der Waals surface area contributed by atoms with Gasteiger partial charge in [-0.2, -0.15) is 0 Å². The molecule has 1 unspecified atom stereocenters. The minimum atomic E-state index is -0.555. The first-order valence-electron chi connectivity index (χ1n) is 6.42. The maximum absolute atomic E-state index is 11.8. The van der Waals surface area contributed by atoms with Crippen LogP contribution in [0.3, 0.4) is 0 Å². The van der Waals surface area contributed by atoms with Gasteiger partial charge in [0.1, 0.15) is 11.7 Å². The maximum atomic E-state index is 11.8. The summed E-state index contributed by atoms with van der Waals surface area (Å²) in [4.78, 5) is 23.3. The van der Waals surface area contributed by atoms with Crippen molar-refractivity contribution in [1.29, 1.82) is 0 Å². The molecule has 0 aromatic carbocycles. The summed E-state index contributed by atoms with van der Waals surface area (Å²) < 4.78 is 4.66. The number of carbonyl (C=O) groups excluding carboxylic acids is 2. The lowest BCUT2D eigenvalue weighted by Gasteiger charge is -2.11. The normalized spacial score (nSPS) is 12.6. The third-order valence-electron chi connectivity index (χ3n) is 2.65. The van der Waals surface area contributed by atoms with Crippen molar-refractivity contribution < 1.29 is 14.3 Å². The van der Waals surface area contributed by atoms with Crippen molar-refractivity contribution in [3.8, 4) is 0 Å². The van der Waals surface area contributed by atoms with Crippen LogP contribution in [0.2, 0.25) is 0 Å². The van der Waals surface area contributed by atoms with Gasteiger partial charge in [-0.25, -0.2) is 0 Å². The number of hydrogen-bond acceptors (Lipinski definition) is 3. The Kier molecular flexibility index (Phi) is 9.40. The Bertz CT molecular complexity index is 256. The summed E-state index contributed by atoms with van der Waals surface area (Å²) in [5, 5.41) is 0. The second kappa shape index (κ2) is 10.1. The number of unbranched alkanes of at least 4 members (excludes halogenated alkanes) is 1. The smallest absolute Gasteiger partial charge is 0.316 e. The Morgan fingerprint density at radius 1 is 1.24 bits per heavy atom. The lowest BCUT2D eigenvalue weighted by atomic mass is 9.95. The van der Waals surface area contributed by atoms with Crippen LogP contribution in [0.5, 0.6) is 0 Å². The molecule has 0 amide bonds. The first-order valence-corrected chi connectivity index (χ1v) is 6.42. The van der Waals surface area contributed by atoms with Crippen LogP contribution in [0.25, 0.3) is 0 Å². The molecule has 0 aliphatic heterocycles. The minimum Gasteiger partial charge on any atom is -0.468 e. The lowest BCUT2D eigenvalue weighted by molar-refractivity contribution is -0.149. The van der Waals surface area contributed by atoms with Gasteiger partial charge in [-0.15, -0.1) is 0 Å². The number of hydrogen-bond donors (Lipinski definition) is 0. The number of allylic oxidation sites excluding steroid dienone is 2. The quantitative estimate of drug-likeness (QED) is 0.269. The lowest BCUT2D eigenvalue weighted by Crippen LogP contribution is -2.25. The molecule has 0 aliphatic carbocycles. The highest BCUT2D eigenvalue weighted by Crippen LogP contribution is 2.14. The van der Waals surface area contributed by atoms with Crippen LogP contribution in [0.1, 0.15) is 52.4 Å². The molecule has 0 radical (unpaired) electrons. The summed E-state index contributed by atoms with van der Waals surface area (Å²) in [6, 6.07) is 0. The van der Waals surface area contributed by atoms with Gasteiger partial charge in [-0.05, 0) is 25.7 Å². The molecule has 0 saturated heterocycles. The fraction of sp³-hybridized carbons (Fsp3) is 0.714. The number of esters is 1. The number of carbonyl (C=O) groups is 2. The first kappa shape index (κ1) is 15.9. The zero-order chi connectivity index (χ0) is 13.1. The van der Waals surface area contributed by atoms with Gasteiger partial charge in [0.25, 0.3) is 0 Å². The van der Waals surface area contributed by atoms with Gasteiger partial charge in [0.15, 0.2) is 0 Å². The Labute approximate surface area is 104 Å². The zero-order valence-electron chi connectivity index (χ0n) is 11.2. The van der Waals surface area contributed by atoms with Crippen molar-refractivity contribution >= 4 is 11.8 Å². The van der Waals surface area contributed by atoms with Gasteiger partial charge >= 0.3 is 5.97 Å². The van der Waals surface area contributed by atoms with Gasteiger partial charge in [0.05, 0.1) is 7.11 Å². The van der Waals surface area contributed by atoms with Gasteiger partial charge in [-0.1, -0.05) is 32.4 Å². The van der Waals surface area contributed by atoms with E-state index in [2.05, 4.69) is 23.8 Å². The topological polar surface area (TPSA) is 43.4 Å². The van der Waals surface area contributed by atoms with Crippen molar-refractivity contribution in [2.45, 2.75) is 52.4 Å². The zero-order valence-corrected chi connectivity index (χ0v) is 11.2. The fourth-order valence-corrected chi connectivity index (χ4v) is 1.69. The molecule has 1 atom stereocenters. The van der Waals surface area contributed by atoms with E-state index >= 15 is 0 Å². The molecule has 3 nitrogen and oxygen atoms in total. The molecule has 0 fully saturated rings. The van der Waals surface area contributed by atoms with Crippen molar-refractivity contribution in [3.05, 3.63) is 12.2 Å². The van der Waals surface area contributed by atoms with Crippen LogP contribution in [0.15, 0.2) is 12.2 Å². The average molecular weight is 240 g/mol. The molecule has 17 heavy (non-hydrogen) atoms. The highest BCUT2D eigenvalue weighted by molar-refractivity contribution is 5.98. The van der Waals surface area contributed by atoms with E-state index in [-0.39, 0.29) is 11.8 Å². The van der Waals surface area contributed by atoms with Crippen LogP contribution in [-0.2, 0) is 14.3 Å². The van der Waals surface area contributed by atoms with Crippen molar-refractivity contribution in [2.75, 3.05) is 7.11 Å². The van der Waals surface area contributed by atoms with Crippen molar-refractivity contribution in [1.82, 2.24) is 0 Å². The first-order chi connectivity index (χ1) is 8.17. The number of rotatable bonds is 9. The highest BCUT2D eigenvalue weighted by Gasteiger charge is 2.25.